The van der Waals surface area contributed by atoms with E-state index >= 15 is 0 Å². The summed E-state index contributed by atoms with van der Waals surface area (Å²) < 4.78 is 0. The molecule has 2 aromatic heterocycles. The molecule has 118 valence electrons. The van der Waals surface area contributed by atoms with E-state index in [2.05, 4.69) is 26.8 Å². The Bertz CT molecular complexity index is 671. The summed E-state index contributed by atoms with van der Waals surface area (Å²) in [5, 5.41) is 3.11. The number of hydrogen-bond acceptors (Lipinski definition) is 5. The van der Waals surface area contributed by atoms with Crippen molar-refractivity contribution in [3.05, 3.63) is 55.1 Å². The molecule has 0 bridgehead atoms. The highest BCUT2D eigenvalue weighted by Gasteiger charge is 2.24. The van der Waals surface area contributed by atoms with E-state index in [-0.39, 0.29) is 11.8 Å². The van der Waals surface area contributed by atoms with E-state index in [1.165, 1.54) is 6.08 Å². The van der Waals surface area contributed by atoms with Crippen LogP contribution in [0, 0.1) is 0 Å². The first-order valence-electron chi connectivity index (χ1n) is 7.67. The van der Waals surface area contributed by atoms with Gasteiger partial charge in [-0.1, -0.05) is 12.6 Å². The minimum atomic E-state index is -0.0175. The highest BCUT2D eigenvalue weighted by atomic mass is 16.2. The Morgan fingerprint density at radius 1 is 1.26 bits per heavy atom. The maximum absolute atomic E-state index is 11.8. The third kappa shape index (κ3) is 3.71. The molecular weight excluding hydrogens is 290 g/mol. The zero-order chi connectivity index (χ0) is 16.1. The third-order valence-electron chi connectivity index (χ3n) is 3.92. The highest BCUT2D eigenvalue weighted by molar-refractivity contribution is 5.87. The van der Waals surface area contributed by atoms with Gasteiger partial charge in [0.1, 0.15) is 11.6 Å². The lowest BCUT2D eigenvalue weighted by Crippen LogP contribution is -2.38. The van der Waals surface area contributed by atoms with Gasteiger partial charge >= 0.3 is 0 Å². The Balaban J connectivity index is 1.67. The van der Waals surface area contributed by atoms with Crippen molar-refractivity contribution in [1.82, 2.24) is 19.9 Å². The van der Waals surface area contributed by atoms with Gasteiger partial charge in [-0.25, -0.2) is 9.97 Å². The van der Waals surface area contributed by atoms with Crippen LogP contribution in [0.3, 0.4) is 0 Å². The first-order chi connectivity index (χ1) is 11.3. The molecule has 6 heteroatoms. The highest BCUT2D eigenvalue weighted by Crippen LogP contribution is 2.25. The fourth-order valence-electron chi connectivity index (χ4n) is 2.73. The number of nitrogens with one attached hydrogen (secondary N) is 1. The van der Waals surface area contributed by atoms with Crippen molar-refractivity contribution in [3.8, 4) is 0 Å². The first kappa shape index (κ1) is 15.1. The van der Waals surface area contributed by atoms with Gasteiger partial charge in [0.2, 0.25) is 5.91 Å². The lowest BCUT2D eigenvalue weighted by molar-refractivity contribution is -0.127. The Morgan fingerprint density at radius 3 is 2.87 bits per heavy atom. The normalized spacial score (nSPS) is 17.6. The Hall–Kier alpha value is -2.76. The van der Waals surface area contributed by atoms with Crippen molar-refractivity contribution in [3.63, 3.8) is 0 Å². The largest absolute Gasteiger partial charge is 0.339 e. The number of rotatable bonds is 4. The number of carbonyl (C=O) groups is 1. The number of aromatic nitrogens is 3. The number of pyridine rings is 1. The number of carbonyl (C=O) groups excluding carboxylic acids is 1. The Morgan fingerprint density at radius 2 is 2.17 bits per heavy atom. The molecule has 3 heterocycles. The lowest BCUT2D eigenvalue weighted by Gasteiger charge is -2.31. The topological polar surface area (TPSA) is 71.0 Å². The van der Waals surface area contributed by atoms with E-state index in [0.717, 1.165) is 30.9 Å². The van der Waals surface area contributed by atoms with Crippen molar-refractivity contribution >= 4 is 17.5 Å². The monoisotopic (exact) mass is 309 g/mol. The zero-order valence-corrected chi connectivity index (χ0v) is 12.9. The fourth-order valence-corrected chi connectivity index (χ4v) is 2.73. The van der Waals surface area contributed by atoms with Crippen molar-refractivity contribution in [1.29, 1.82) is 0 Å². The summed E-state index contributed by atoms with van der Waals surface area (Å²) in [6, 6.07) is 5.64. The Kier molecular flexibility index (Phi) is 4.61. The van der Waals surface area contributed by atoms with Crippen molar-refractivity contribution in [2.24, 2.45) is 0 Å². The second-order valence-corrected chi connectivity index (χ2v) is 5.49. The second kappa shape index (κ2) is 7.00. The molecule has 1 amide bonds. The van der Waals surface area contributed by atoms with Gasteiger partial charge in [0.15, 0.2) is 0 Å². The molecule has 0 spiro atoms. The molecule has 1 aliphatic heterocycles. The molecule has 1 saturated heterocycles. The van der Waals surface area contributed by atoms with E-state index in [1.807, 2.05) is 23.1 Å². The van der Waals surface area contributed by atoms with Crippen LogP contribution in [-0.2, 0) is 4.79 Å². The molecular formula is C17H19N5O. The fraction of sp³-hybridized carbons (Fsp3) is 0.294. The van der Waals surface area contributed by atoms with Crippen molar-refractivity contribution in [2.45, 2.75) is 18.8 Å². The number of anilines is 2. The Labute approximate surface area is 135 Å². The number of piperidine rings is 1. The smallest absolute Gasteiger partial charge is 0.245 e. The lowest BCUT2D eigenvalue weighted by atomic mass is 9.95. The molecule has 0 radical (unpaired) electrons. The maximum Gasteiger partial charge on any atom is 0.245 e. The predicted octanol–water partition coefficient (Wildman–Crippen LogP) is 2.51. The van der Waals surface area contributed by atoms with Gasteiger partial charge in [-0.05, 0) is 31.1 Å². The summed E-state index contributed by atoms with van der Waals surface area (Å²) in [5.41, 5.74) is 0.915. The number of hydrogen-bond donors (Lipinski definition) is 1. The van der Waals surface area contributed by atoms with Gasteiger partial charge in [-0.15, -0.1) is 0 Å². The van der Waals surface area contributed by atoms with Crippen LogP contribution in [0.5, 0.6) is 0 Å². The SMILES string of the molecule is C=CC(=O)N1CCC[C@@H](c2cnc(Nc3ccccn3)cn2)C1. The molecule has 0 saturated carbocycles. The molecule has 6 nitrogen and oxygen atoms in total. The standard InChI is InChI=1S/C17H19N5O/c1-2-17(23)22-9-5-6-13(12-22)14-10-20-16(11-19-14)21-15-7-3-4-8-18-15/h2-4,7-8,10-11,13H,1,5-6,9,12H2,(H,18,20,21)/t13-/m1/s1. The van der Waals surface area contributed by atoms with E-state index < -0.39 is 0 Å². The summed E-state index contributed by atoms with van der Waals surface area (Å²) in [5.74, 6) is 1.59. The average Bonchev–Trinajstić information content (AvgIpc) is 2.62. The van der Waals surface area contributed by atoms with Crippen molar-refractivity contribution in [2.75, 3.05) is 18.4 Å². The minimum Gasteiger partial charge on any atom is -0.339 e. The first-order valence-corrected chi connectivity index (χ1v) is 7.67. The van der Waals surface area contributed by atoms with Crippen LogP contribution >= 0.6 is 0 Å². The van der Waals surface area contributed by atoms with E-state index in [4.69, 9.17) is 0 Å². The van der Waals surface area contributed by atoms with Crippen LogP contribution in [-0.4, -0.2) is 38.8 Å². The van der Waals surface area contributed by atoms with Crippen LogP contribution in [0.4, 0.5) is 11.6 Å². The summed E-state index contributed by atoms with van der Waals surface area (Å²) in [4.78, 5) is 26.7. The van der Waals surface area contributed by atoms with E-state index in [1.54, 1.807) is 18.6 Å². The number of amides is 1. The predicted molar refractivity (Wildman–Crippen MR) is 88.3 cm³/mol. The molecule has 1 aliphatic rings. The molecule has 3 rings (SSSR count). The summed E-state index contributed by atoms with van der Waals surface area (Å²) >= 11 is 0. The molecule has 0 unspecified atom stereocenters. The van der Waals surface area contributed by atoms with Crippen molar-refractivity contribution < 1.29 is 4.79 Å². The summed E-state index contributed by atoms with van der Waals surface area (Å²) in [7, 11) is 0. The maximum atomic E-state index is 11.8. The van der Waals surface area contributed by atoms with Crippen LogP contribution in [0.2, 0.25) is 0 Å². The van der Waals surface area contributed by atoms with Gasteiger partial charge in [0, 0.05) is 25.2 Å². The quantitative estimate of drug-likeness (QED) is 0.879. The molecule has 0 aromatic carbocycles. The summed E-state index contributed by atoms with van der Waals surface area (Å²) in [6.07, 6.45) is 8.56. The summed E-state index contributed by atoms with van der Waals surface area (Å²) in [6.45, 7) is 5.01. The third-order valence-corrected chi connectivity index (χ3v) is 3.92. The minimum absolute atomic E-state index is 0.0175. The van der Waals surface area contributed by atoms with Gasteiger partial charge in [-0.3, -0.25) is 9.78 Å². The van der Waals surface area contributed by atoms with Gasteiger partial charge < -0.3 is 10.2 Å². The second-order valence-electron chi connectivity index (χ2n) is 5.49. The number of likely N-dealkylation sites (tertiary alicyclic amines) is 1. The number of nitrogens with zero attached hydrogens (tertiary/aromatic N) is 4. The molecule has 1 atom stereocenters. The molecule has 0 aliphatic carbocycles. The van der Waals surface area contributed by atoms with Gasteiger partial charge in [-0.2, -0.15) is 0 Å². The van der Waals surface area contributed by atoms with Crippen LogP contribution in [0.1, 0.15) is 24.5 Å². The van der Waals surface area contributed by atoms with E-state index in [0.29, 0.717) is 12.4 Å². The molecule has 1 fully saturated rings. The van der Waals surface area contributed by atoms with Gasteiger partial charge in [0.25, 0.3) is 0 Å². The van der Waals surface area contributed by atoms with Gasteiger partial charge in [0.05, 0.1) is 18.1 Å². The average molecular weight is 309 g/mol. The van der Waals surface area contributed by atoms with Crippen LogP contribution < -0.4 is 5.32 Å². The zero-order valence-electron chi connectivity index (χ0n) is 12.9. The molecule has 2 aromatic rings. The van der Waals surface area contributed by atoms with Crippen LogP contribution in [0.25, 0.3) is 0 Å². The molecule has 1 N–H and O–H groups in total. The molecule has 23 heavy (non-hydrogen) atoms. The van der Waals surface area contributed by atoms with E-state index in [9.17, 15) is 4.79 Å². The van der Waals surface area contributed by atoms with Crippen LogP contribution in [0.15, 0.2) is 49.4 Å².